The third-order valence-corrected chi connectivity index (χ3v) is 7.96. The molecule has 0 saturated carbocycles. The van der Waals surface area contributed by atoms with Crippen LogP contribution in [-0.2, 0) is 5.41 Å². The number of amides is 1. The zero-order valence-electron chi connectivity index (χ0n) is 24.0. The van der Waals surface area contributed by atoms with Crippen molar-refractivity contribution < 1.29 is 19.1 Å². The van der Waals surface area contributed by atoms with E-state index < -0.39 is 16.9 Å². The Hall–Kier alpha value is -4.08. The number of hydrogen-bond acceptors (Lipinski definition) is 7. The summed E-state index contributed by atoms with van der Waals surface area (Å²) < 4.78 is 14.3. The van der Waals surface area contributed by atoms with Gasteiger partial charge in [-0.05, 0) is 63.9 Å². The zero-order valence-corrected chi connectivity index (χ0v) is 24.0. The lowest BCUT2D eigenvalue weighted by Gasteiger charge is -2.47. The lowest BCUT2D eigenvalue weighted by molar-refractivity contribution is 0.0506. The third kappa shape index (κ3) is 4.65. The number of anilines is 3. The molecule has 9 nitrogen and oxygen atoms in total. The Morgan fingerprint density at radius 3 is 2.33 bits per heavy atom. The Kier molecular flexibility index (Phi) is 6.55. The largest absolute Gasteiger partial charge is 0.478 e. The minimum atomic E-state index is -0.988. The van der Waals surface area contributed by atoms with Crippen LogP contribution in [0, 0.1) is 26.6 Å². The molecular weight excluding hydrogens is 511 g/mol. The molecular formula is C30H35FN6O3. The molecule has 40 heavy (non-hydrogen) atoms. The number of benzene rings is 1. The van der Waals surface area contributed by atoms with Gasteiger partial charge in [0.05, 0.1) is 28.7 Å². The normalized spacial score (nSPS) is 17.6. The molecule has 210 valence electrons. The van der Waals surface area contributed by atoms with E-state index in [1.54, 1.807) is 32.9 Å². The van der Waals surface area contributed by atoms with Crippen LogP contribution in [0.5, 0.6) is 0 Å². The van der Waals surface area contributed by atoms with Gasteiger partial charge in [0.15, 0.2) is 5.82 Å². The summed E-state index contributed by atoms with van der Waals surface area (Å²) in [6, 6.07) is 6.93. The van der Waals surface area contributed by atoms with Crippen molar-refractivity contribution in [1.82, 2.24) is 19.9 Å². The fourth-order valence-corrected chi connectivity index (χ4v) is 5.81. The predicted molar refractivity (Wildman–Crippen MR) is 151 cm³/mol. The smallest absolute Gasteiger partial charge is 0.337 e. The number of carbonyl (C=O) groups excluding carboxylic acids is 1. The molecule has 3 aromatic rings. The van der Waals surface area contributed by atoms with E-state index in [-0.39, 0.29) is 23.0 Å². The molecule has 1 fully saturated rings. The molecule has 0 bridgehead atoms. The van der Waals surface area contributed by atoms with Crippen LogP contribution in [0.15, 0.2) is 30.5 Å². The summed E-state index contributed by atoms with van der Waals surface area (Å²) in [7, 11) is 0. The van der Waals surface area contributed by atoms with Crippen LogP contribution in [-0.4, -0.2) is 68.6 Å². The number of fused-ring (bicyclic) bond motifs is 1. The summed E-state index contributed by atoms with van der Waals surface area (Å²) in [5.41, 5.74) is 2.68. The summed E-state index contributed by atoms with van der Waals surface area (Å²) >= 11 is 0. The van der Waals surface area contributed by atoms with E-state index in [1.807, 2.05) is 29.7 Å². The molecule has 1 N–H and O–H groups in total. The number of aromatic nitrogens is 3. The molecule has 0 aliphatic carbocycles. The van der Waals surface area contributed by atoms with E-state index in [2.05, 4.69) is 28.7 Å². The standard InChI is InChI=1S/C30H35FN6O3/c1-17-8-9-20(13-21(17)31)36-15-29(4,5)25-26(36)32-14-22(34-25)27(38)37-11-10-35(16-30(37,6)7)23-12-18(2)24(28(39)40)19(3)33-23/h8-9,12-14H,10-11,15-16H2,1-7H3,(H,39,40). The van der Waals surface area contributed by atoms with Gasteiger partial charge in [-0.1, -0.05) is 19.9 Å². The Bertz CT molecular complexity index is 1510. The molecule has 4 heterocycles. The molecule has 1 amide bonds. The number of hydrogen-bond donors (Lipinski definition) is 1. The van der Waals surface area contributed by atoms with E-state index in [4.69, 9.17) is 4.98 Å². The molecule has 10 heteroatoms. The Morgan fingerprint density at radius 1 is 0.975 bits per heavy atom. The van der Waals surface area contributed by atoms with Crippen LogP contribution in [0.25, 0.3) is 0 Å². The summed E-state index contributed by atoms with van der Waals surface area (Å²) in [5, 5.41) is 9.49. The van der Waals surface area contributed by atoms with Gasteiger partial charge in [-0.3, -0.25) is 4.79 Å². The minimum absolute atomic E-state index is 0.197. The Balaban J connectivity index is 1.39. The van der Waals surface area contributed by atoms with Gasteiger partial charge in [0, 0.05) is 37.3 Å². The van der Waals surface area contributed by atoms with Crippen LogP contribution in [0.4, 0.5) is 21.7 Å². The number of aromatic carboxylic acids is 1. The number of aryl methyl sites for hydroxylation is 3. The quantitative estimate of drug-likeness (QED) is 0.498. The van der Waals surface area contributed by atoms with Crippen molar-refractivity contribution in [2.24, 2.45) is 0 Å². The number of pyridine rings is 1. The first kappa shape index (κ1) is 27.5. The van der Waals surface area contributed by atoms with Crippen LogP contribution in [0.1, 0.15) is 71.1 Å². The molecule has 1 aromatic carbocycles. The van der Waals surface area contributed by atoms with E-state index in [0.29, 0.717) is 66.0 Å². The maximum Gasteiger partial charge on any atom is 0.337 e. The number of piperazine rings is 1. The first-order chi connectivity index (χ1) is 18.7. The highest BCUT2D eigenvalue weighted by Crippen LogP contribution is 2.42. The summed E-state index contributed by atoms with van der Waals surface area (Å²) in [4.78, 5) is 45.3. The van der Waals surface area contributed by atoms with E-state index in [0.717, 1.165) is 0 Å². The predicted octanol–water partition coefficient (Wildman–Crippen LogP) is 4.80. The summed E-state index contributed by atoms with van der Waals surface area (Å²) in [6.07, 6.45) is 1.52. The summed E-state index contributed by atoms with van der Waals surface area (Å²) in [6.45, 7) is 15.4. The molecule has 0 unspecified atom stereocenters. The monoisotopic (exact) mass is 546 g/mol. The number of carboxylic acids is 1. The topological polar surface area (TPSA) is 103 Å². The number of carbonyl (C=O) groups is 2. The number of halogens is 1. The molecule has 2 aliphatic rings. The highest BCUT2D eigenvalue weighted by atomic mass is 19.1. The second-order valence-electron chi connectivity index (χ2n) is 12.1. The van der Waals surface area contributed by atoms with Gasteiger partial charge < -0.3 is 19.8 Å². The first-order valence-corrected chi connectivity index (χ1v) is 13.4. The maximum atomic E-state index is 14.3. The van der Waals surface area contributed by atoms with Gasteiger partial charge in [-0.15, -0.1) is 0 Å². The van der Waals surface area contributed by atoms with Gasteiger partial charge in [-0.2, -0.15) is 0 Å². The van der Waals surface area contributed by atoms with Crippen molar-refractivity contribution in [1.29, 1.82) is 0 Å². The fourth-order valence-electron chi connectivity index (χ4n) is 5.81. The highest BCUT2D eigenvalue weighted by molar-refractivity contribution is 5.93. The second-order valence-corrected chi connectivity index (χ2v) is 12.1. The molecule has 2 aromatic heterocycles. The van der Waals surface area contributed by atoms with Crippen LogP contribution in [0.3, 0.4) is 0 Å². The van der Waals surface area contributed by atoms with Crippen molar-refractivity contribution in [2.45, 2.75) is 59.4 Å². The lowest BCUT2D eigenvalue weighted by atomic mass is 9.92. The molecule has 0 atom stereocenters. The molecule has 5 rings (SSSR count). The molecule has 0 radical (unpaired) electrons. The third-order valence-electron chi connectivity index (χ3n) is 7.96. The Morgan fingerprint density at radius 2 is 1.70 bits per heavy atom. The van der Waals surface area contributed by atoms with E-state index >= 15 is 0 Å². The minimum Gasteiger partial charge on any atom is -0.478 e. The van der Waals surface area contributed by atoms with Crippen molar-refractivity contribution in [3.63, 3.8) is 0 Å². The molecule has 2 aliphatic heterocycles. The number of carboxylic acid groups (broad SMARTS) is 1. The zero-order chi connectivity index (χ0) is 29.1. The molecule has 0 spiro atoms. The van der Waals surface area contributed by atoms with Gasteiger partial charge in [-0.25, -0.2) is 24.1 Å². The van der Waals surface area contributed by atoms with Gasteiger partial charge >= 0.3 is 5.97 Å². The average molecular weight is 547 g/mol. The first-order valence-electron chi connectivity index (χ1n) is 13.4. The van der Waals surface area contributed by atoms with Crippen molar-refractivity contribution in [3.05, 3.63) is 70.1 Å². The van der Waals surface area contributed by atoms with E-state index in [9.17, 15) is 19.1 Å². The van der Waals surface area contributed by atoms with Crippen molar-refractivity contribution in [3.8, 4) is 0 Å². The maximum absolute atomic E-state index is 14.3. The summed E-state index contributed by atoms with van der Waals surface area (Å²) in [5.74, 6) is -0.125. The Labute approximate surface area is 233 Å². The van der Waals surface area contributed by atoms with Crippen molar-refractivity contribution >= 4 is 29.2 Å². The van der Waals surface area contributed by atoms with Crippen LogP contribution >= 0.6 is 0 Å². The fraction of sp³-hybridized carbons (Fsp3) is 0.433. The van der Waals surface area contributed by atoms with E-state index in [1.165, 1.54) is 12.3 Å². The number of rotatable bonds is 4. The highest BCUT2D eigenvalue weighted by Gasteiger charge is 2.42. The molecule has 1 saturated heterocycles. The van der Waals surface area contributed by atoms with Crippen molar-refractivity contribution in [2.75, 3.05) is 36.0 Å². The number of nitrogens with zero attached hydrogens (tertiary/aromatic N) is 6. The van der Waals surface area contributed by atoms with Gasteiger partial charge in [0.25, 0.3) is 5.91 Å². The van der Waals surface area contributed by atoms with Gasteiger partial charge in [0.2, 0.25) is 0 Å². The van der Waals surface area contributed by atoms with Crippen LogP contribution in [0.2, 0.25) is 0 Å². The van der Waals surface area contributed by atoms with Gasteiger partial charge in [0.1, 0.15) is 17.3 Å². The SMILES string of the molecule is Cc1ccc(N2CC(C)(C)c3nc(C(=O)N4CCN(c5cc(C)c(C(=O)O)c(C)n5)CC4(C)C)cnc32)cc1F. The average Bonchev–Trinajstić information content (AvgIpc) is 3.14. The second kappa shape index (κ2) is 9.53. The van der Waals surface area contributed by atoms with Crippen LogP contribution < -0.4 is 9.80 Å². The lowest BCUT2D eigenvalue weighted by Crippen LogP contribution is -2.61.